The molecule has 1 aliphatic rings. The zero-order valence-electron chi connectivity index (χ0n) is 11.6. The summed E-state index contributed by atoms with van der Waals surface area (Å²) in [5.41, 5.74) is 0.760. The highest BCUT2D eigenvalue weighted by atomic mass is 19.3. The minimum Gasteiger partial charge on any atom is -0.434 e. The van der Waals surface area contributed by atoms with Crippen LogP contribution < -0.4 is 10.1 Å². The second-order valence-electron chi connectivity index (χ2n) is 5.11. The lowest BCUT2D eigenvalue weighted by molar-refractivity contribution is -0.0506. The van der Waals surface area contributed by atoms with Gasteiger partial charge in [0.2, 0.25) is 0 Å². The first-order valence-electron chi connectivity index (χ1n) is 7.01. The van der Waals surface area contributed by atoms with Gasteiger partial charge >= 0.3 is 6.61 Å². The minimum atomic E-state index is -2.79. The third-order valence-electron chi connectivity index (χ3n) is 3.63. The van der Waals surface area contributed by atoms with Crippen LogP contribution in [0.2, 0.25) is 0 Å². The van der Waals surface area contributed by atoms with Gasteiger partial charge in [-0.15, -0.1) is 0 Å². The molecule has 1 heterocycles. The van der Waals surface area contributed by atoms with Gasteiger partial charge in [0, 0.05) is 24.8 Å². The lowest BCUT2D eigenvalue weighted by atomic mass is 10.0. The summed E-state index contributed by atoms with van der Waals surface area (Å²) in [7, 11) is 0. The average Bonchev–Trinajstić information content (AvgIpc) is 2.91. The van der Waals surface area contributed by atoms with E-state index in [1.54, 1.807) is 12.1 Å². The van der Waals surface area contributed by atoms with E-state index in [0.29, 0.717) is 5.92 Å². The number of hydrogen-bond acceptors (Lipinski definition) is 3. The summed E-state index contributed by atoms with van der Waals surface area (Å²) in [5.74, 6) is 0.856. The van der Waals surface area contributed by atoms with Crippen LogP contribution in [0.1, 0.15) is 31.4 Å². The largest absolute Gasteiger partial charge is 0.434 e. The van der Waals surface area contributed by atoms with Crippen LogP contribution in [-0.4, -0.2) is 26.4 Å². The molecule has 2 unspecified atom stereocenters. The third kappa shape index (κ3) is 4.42. The molecule has 1 N–H and O–H groups in total. The van der Waals surface area contributed by atoms with E-state index >= 15 is 0 Å². The van der Waals surface area contributed by atoms with Crippen LogP contribution in [0.5, 0.6) is 5.75 Å². The maximum absolute atomic E-state index is 12.4. The zero-order chi connectivity index (χ0) is 14.4. The number of ether oxygens (including phenoxy) is 2. The minimum absolute atomic E-state index is 0.0210. The quantitative estimate of drug-likeness (QED) is 0.833. The van der Waals surface area contributed by atoms with E-state index in [1.165, 1.54) is 0 Å². The predicted octanol–water partition coefficient (Wildman–Crippen LogP) is 3.37. The molecule has 0 aromatic heterocycles. The van der Waals surface area contributed by atoms with Gasteiger partial charge < -0.3 is 14.8 Å². The van der Waals surface area contributed by atoms with Crippen LogP contribution >= 0.6 is 0 Å². The first kappa shape index (κ1) is 15.2. The van der Waals surface area contributed by atoms with E-state index in [-0.39, 0.29) is 11.8 Å². The Labute approximate surface area is 118 Å². The van der Waals surface area contributed by atoms with Crippen molar-refractivity contribution in [2.45, 2.75) is 32.4 Å². The fraction of sp³-hybridized carbons (Fsp3) is 0.600. The maximum Gasteiger partial charge on any atom is 0.387 e. The standard InChI is InChI=1S/C15H21F2NO2/c1-11(18-8-6-12-7-9-19-10-12)13-4-2-3-5-14(13)20-15(16)17/h2-5,11-12,15,18H,6-10H2,1H3. The van der Waals surface area contributed by atoms with E-state index in [0.717, 1.165) is 38.2 Å². The van der Waals surface area contributed by atoms with Crippen molar-refractivity contribution in [1.29, 1.82) is 0 Å². The Morgan fingerprint density at radius 1 is 1.40 bits per heavy atom. The van der Waals surface area contributed by atoms with Crippen molar-refractivity contribution in [3.63, 3.8) is 0 Å². The monoisotopic (exact) mass is 285 g/mol. The van der Waals surface area contributed by atoms with Crippen molar-refractivity contribution < 1.29 is 18.3 Å². The normalized spacial score (nSPS) is 20.3. The molecule has 0 spiro atoms. The van der Waals surface area contributed by atoms with E-state index < -0.39 is 6.61 Å². The van der Waals surface area contributed by atoms with Gasteiger partial charge in [0.25, 0.3) is 0 Å². The Kier molecular flexibility index (Phi) is 5.73. The Morgan fingerprint density at radius 2 is 2.20 bits per heavy atom. The molecule has 0 bridgehead atoms. The highest BCUT2D eigenvalue weighted by Crippen LogP contribution is 2.26. The van der Waals surface area contributed by atoms with Gasteiger partial charge in [-0.2, -0.15) is 8.78 Å². The molecule has 2 rings (SSSR count). The zero-order valence-corrected chi connectivity index (χ0v) is 11.6. The highest BCUT2D eigenvalue weighted by Gasteiger charge is 2.17. The molecular formula is C15H21F2NO2. The third-order valence-corrected chi connectivity index (χ3v) is 3.63. The Morgan fingerprint density at radius 3 is 2.90 bits per heavy atom. The average molecular weight is 285 g/mol. The fourth-order valence-electron chi connectivity index (χ4n) is 2.47. The van der Waals surface area contributed by atoms with Crippen LogP contribution in [0.25, 0.3) is 0 Å². The van der Waals surface area contributed by atoms with Crippen LogP contribution in [0.15, 0.2) is 24.3 Å². The Hall–Kier alpha value is -1.20. The number of hydrogen-bond donors (Lipinski definition) is 1. The molecule has 0 radical (unpaired) electrons. The Bertz CT molecular complexity index is 409. The molecule has 1 aliphatic heterocycles. The molecule has 0 amide bonds. The summed E-state index contributed by atoms with van der Waals surface area (Å²) in [6.45, 7) is 1.70. The fourth-order valence-corrected chi connectivity index (χ4v) is 2.47. The molecule has 5 heteroatoms. The number of benzene rings is 1. The number of nitrogens with one attached hydrogen (secondary N) is 1. The maximum atomic E-state index is 12.4. The molecule has 20 heavy (non-hydrogen) atoms. The van der Waals surface area contributed by atoms with Crippen LogP contribution in [0, 0.1) is 5.92 Å². The van der Waals surface area contributed by atoms with Crippen molar-refractivity contribution in [3.8, 4) is 5.75 Å². The lowest BCUT2D eigenvalue weighted by Gasteiger charge is -2.18. The lowest BCUT2D eigenvalue weighted by Crippen LogP contribution is -2.22. The topological polar surface area (TPSA) is 30.5 Å². The van der Waals surface area contributed by atoms with Crippen molar-refractivity contribution >= 4 is 0 Å². The van der Waals surface area contributed by atoms with Crippen molar-refractivity contribution in [1.82, 2.24) is 5.32 Å². The molecule has 112 valence electrons. The predicted molar refractivity (Wildman–Crippen MR) is 73.0 cm³/mol. The van der Waals surface area contributed by atoms with Gasteiger partial charge in [0.15, 0.2) is 0 Å². The second-order valence-corrected chi connectivity index (χ2v) is 5.11. The summed E-state index contributed by atoms with van der Waals surface area (Å²) < 4.78 is 34.6. The summed E-state index contributed by atoms with van der Waals surface area (Å²) in [6, 6.07) is 6.89. The van der Waals surface area contributed by atoms with E-state index in [9.17, 15) is 8.78 Å². The molecule has 1 saturated heterocycles. The van der Waals surface area contributed by atoms with Gasteiger partial charge in [-0.3, -0.25) is 0 Å². The van der Waals surface area contributed by atoms with Gasteiger partial charge in [0.1, 0.15) is 5.75 Å². The molecule has 0 saturated carbocycles. The van der Waals surface area contributed by atoms with Gasteiger partial charge in [-0.25, -0.2) is 0 Å². The first-order valence-corrected chi connectivity index (χ1v) is 7.01. The van der Waals surface area contributed by atoms with Crippen LogP contribution in [0.4, 0.5) is 8.78 Å². The number of rotatable bonds is 7. The van der Waals surface area contributed by atoms with Gasteiger partial charge in [0.05, 0.1) is 0 Å². The van der Waals surface area contributed by atoms with Gasteiger partial charge in [-0.05, 0) is 38.3 Å². The Balaban J connectivity index is 1.85. The van der Waals surface area contributed by atoms with Crippen molar-refractivity contribution in [3.05, 3.63) is 29.8 Å². The summed E-state index contributed by atoms with van der Waals surface area (Å²) in [6.07, 6.45) is 2.16. The van der Waals surface area contributed by atoms with E-state index in [4.69, 9.17) is 4.74 Å². The molecule has 1 aromatic rings. The molecule has 2 atom stereocenters. The molecule has 1 fully saturated rings. The summed E-state index contributed by atoms with van der Waals surface area (Å²) >= 11 is 0. The van der Waals surface area contributed by atoms with Gasteiger partial charge in [-0.1, -0.05) is 18.2 Å². The van der Waals surface area contributed by atoms with Crippen molar-refractivity contribution in [2.75, 3.05) is 19.8 Å². The van der Waals surface area contributed by atoms with E-state index in [2.05, 4.69) is 10.1 Å². The first-order chi connectivity index (χ1) is 9.66. The molecule has 0 aliphatic carbocycles. The summed E-state index contributed by atoms with van der Waals surface area (Å²) in [5, 5.41) is 3.36. The number of alkyl halides is 2. The highest BCUT2D eigenvalue weighted by molar-refractivity contribution is 5.35. The van der Waals surface area contributed by atoms with Crippen LogP contribution in [-0.2, 0) is 4.74 Å². The molecule has 3 nitrogen and oxygen atoms in total. The smallest absolute Gasteiger partial charge is 0.387 e. The summed E-state index contributed by atoms with van der Waals surface area (Å²) in [4.78, 5) is 0. The number of para-hydroxylation sites is 1. The number of halogens is 2. The molecular weight excluding hydrogens is 264 g/mol. The second kappa shape index (κ2) is 7.55. The van der Waals surface area contributed by atoms with Crippen LogP contribution in [0.3, 0.4) is 0 Å². The molecule has 1 aromatic carbocycles. The van der Waals surface area contributed by atoms with E-state index in [1.807, 2.05) is 19.1 Å². The van der Waals surface area contributed by atoms with Crippen molar-refractivity contribution in [2.24, 2.45) is 5.92 Å². The SMILES string of the molecule is CC(NCCC1CCOC1)c1ccccc1OC(F)F.